The van der Waals surface area contributed by atoms with Crippen LogP contribution in [0.15, 0.2) is 125 Å². The van der Waals surface area contributed by atoms with Gasteiger partial charge in [0.25, 0.3) is 0 Å². The van der Waals surface area contributed by atoms with Crippen molar-refractivity contribution in [2.75, 3.05) is 0 Å². The first-order chi connectivity index (χ1) is 19.7. The number of aromatic nitrogens is 4. The fourth-order valence-electron chi connectivity index (χ4n) is 5.47. The minimum absolute atomic E-state index is 0.392. The fourth-order valence-corrected chi connectivity index (χ4v) is 5.47. The maximum atomic E-state index is 13.5. The van der Waals surface area contributed by atoms with Crippen molar-refractivity contribution in [1.29, 1.82) is 0 Å². The number of benzene rings is 4. The van der Waals surface area contributed by atoms with Crippen molar-refractivity contribution in [3.8, 4) is 34.1 Å². The first-order valence-electron chi connectivity index (χ1n) is 12.9. The Labute approximate surface area is 228 Å². The molecule has 0 aliphatic carbocycles. The lowest BCUT2D eigenvalue weighted by molar-refractivity contribution is 0.422. The van der Waals surface area contributed by atoms with E-state index in [4.69, 9.17) is 19.2 Å². The van der Waals surface area contributed by atoms with Crippen molar-refractivity contribution in [1.82, 2.24) is 19.6 Å². The van der Waals surface area contributed by atoms with E-state index in [1.54, 1.807) is 16.9 Å². The molecular formula is C33H20N4O3. The molecule has 4 heterocycles. The van der Waals surface area contributed by atoms with Crippen LogP contribution in [0.4, 0.5) is 0 Å². The largest absolute Gasteiger partial charge is 0.437 e. The molecule has 1 unspecified atom stereocenters. The van der Waals surface area contributed by atoms with E-state index in [0.29, 0.717) is 45.2 Å². The molecule has 4 aromatic carbocycles. The highest BCUT2D eigenvalue weighted by Crippen LogP contribution is 2.48. The predicted octanol–water partition coefficient (Wildman–Crippen LogP) is 6.85. The molecule has 0 bridgehead atoms. The summed E-state index contributed by atoms with van der Waals surface area (Å²) in [6.45, 7) is 0. The first kappa shape index (κ1) is 22.4. The summed E-state index contributed by atoms with van der Waals surface area (Å²) in [6, 6.07) is 35.5. The minimum atomic E-state index is -0.505. The normalized spacial score (nSPS) is 14.1. The monoisotopic (exact) mass is 520 g/mol. The lowest BCUT2D eigenvalue weighted by atomic mass is 9.84. The van der Waals surface area contributed by atoms with Crippen molar-refractivity contribution in [2.24, 2.45) is 0 Å². The van der Waals surface area contributed by atoms with E-state index in [9.17, 15) is 4.79 Å². The number of hydrogen-bond acceptors (Lipinski definition) is 6. The topological polar surface area (TPSA) is 82.5 Å². The molecule has 8 rings (SSSR count). The summed E-state index contributed by atoms with van der Waals surface area (Å²) in [5, 5.41) is 5.45. The van der Waals surface area contributed by atoms with Gasteiger partial charge < -0.3 is 9.15 Å². The summed E-state index contributed by atoms with van der Waals surface area (Å²) in [5.74, 6) is 0.900. The van der Waals surface area contributed by atoms with Crippen molar-refractivity contribution < 1.29 is 9.15 Å². The van der Waals surface area contributed by atoms with Crippen LogP contribution in [0.1, 0.15) is 22.6 Å². The number of nitrogens with zero attached hydrogens (tertiary/aromatic N) is 4. The molecule has 0 fully saturated rings. The molecule has 0 N–H and O–H groups in total. The van der Waals surface area contributed by atoms with Gasteiger partial charge in [-0.25, -0.2) is 19.3 Å². The van der Waals surface area contributed by atoms with Crippen LogP contribution in [0.25, 0.3) is 39.1 Å². The maximum absolute atomic E-state index is 13.5. The Hall–Kier alpha value is -5.56. The van der Waals surface area contributed by atoms with Crippen molar-refractivity contribution in [2.45, 2.75) is 5.92 Å². The average molecular weight is 521 g/mol. The zero-order valence-electron chi connectivity index (χ0n) is 21.1. The Bertz CT molecular complexity index is 2100. The molecule has 40 heavy (non-hydrogen) atoms. The zero-order chi connectivity index (χ0) is 26.6. The Kier molecular flexibility index (Phi) is 4.90. The van der Waals surface area contributed by atoms with Crippen LogP contribution in [-0.2, 0) is 0 Å². The van der Waals surface area contributed by atoms with Gasteiger partial charge in [0.1, 0.15) is 11.9 Å². The molecule has 7 nitrogen and oxygen atoms in total. The summed E-state index contributed by atoms with van der Waals surface area (Å²) in [5.41, 5.74) is 5.70. The van der Waals surface area contributed by atoms with E-state index < -0.39 is 11.5 Å². The van der Waals surface area contributed by atoms with Crippen molar-refractivity contribution in [3.63, 3.8) is 0 Å². The number of hydrogen-bond donors (Lipinski definition) is 0. The predicted molar refractivity (Wildman–Crippen MR) is 152 cm³/mol. The van der Waals surface area contributed by atoms with E-state index in [1.807, 2.05) is 78.9 Å². The molecule has 1 aliphatic rings. The van der Waals surface area contributed by atoms with Gasteiger partial charge in [-0.15, -0.1) is 5.10 Å². The summed E-state index contributed by atoms with van der Waals surface area (Å²) >= 11 is 0. The highest BCUT2D eigenvalue weighted by molar-refractivity contribution is 5.87. The Morgan fingerprint density at radius 1 is 0.700 bits per heavy atom. The fraction of sp³-hybridized carbons (Fsp3) is 0.0303. The Balaban J connectivity index is 1.32. The van der Waals surface area contributed by atoms with Crippen LogP contribution in [0, 0.1) is 0 Å². The molecule has 0 spiro atoms. The number of fused-ring (bicyclic) bond motifs is 6. The molecule has 0 radical (unpaired) electrons. The third kappa shape index (κ3) is 3.45. The average Bonchev–Trinajstić information content (AvgIpc) is 3.46. The summed E-state index contributed by atoms with van der Waals surface area (Å²) in [6.07, 6.45) is 1.60. The second-order valence-corrected chi connectivity index (χ2v) is 9.68. The molecule has 0 amide bonds. The molecule has 7 aromatic rings. The molecule has 190 valence electrons. The Morgan fingerprint density at radius 3 is 2.17 bits per heavy atom. The molecule has 0 saturated carbocycles. The van der Waals surface area contributed by atoms with Gasteiger partial charge in [0.15, 0.2) is 17.2 Å². The number of para-hydroxylation sites is 1. The second-order valence-electron chi connectivity index (χ2n) is 9.68. The van der Waals surface area contributed by atoms with Gasteiger partial charge in [0, 0.05) is 5.56 Å². The molecule has 0 saturated heterocycles. The third-order valence-corrected chi connectivity index (χ3v) is 7.35. The van der Waals surface area contributed by atoms with E-state index in [0.717, 1.165) is 22.3 Å². The Morgan fingerprint density at radius 2 is 1.38 bits per heavy atom. The van der Waals surface area contributed by atoms with E-state index >= 15 is 0 Å². The first-order valence-corrected chi connectivity index (χ1v) is 12.9. The molecule has 7 heteroatoms. The van der Waals surface area contributed by atoms with Crippen LogP contribution >= 0.6 is 0 Å². The van der Waals surface area contributed by atoms with Crippen molar-refractivity contribution >= 4 is 16.6 Å². The van der Waals surface area contributed by atoms with Gasteiger partial charge in [0.2, 0.25) is 5.88 Å². The van der Waals surface area contributed by atoms with Gasteiger partial charge >= 0.3 is 5.63 Å². The lowest BCUT2D eigenvalue weighted by Crippen LogP contribution is -2.22. The molecule has 1 aliphatic heterocycles. The van der Waals surface area contributed by atoms with Gasteiger partial charge in [-0.05, 0) is 28.8 Å². The highest BCUT2D eigenvalue weighted by Gasteiger charge is 2.37. The van der Waals surface area contributed by atoms with Gasteiger partial charge in [-0.1, -0.05) is 97.1 Å². The summed E-state index contributed by atoms with van der Waals surface area (Å²) in [7, 11) is 0. The van der Waals surface area contributed by atoms with Crippen LogP contribution < -0.4 is 10.4 Å². The van der Waals surface area contributed by atoms with Gasteiger partial charge in [-0.3, -0.25) is 0 Å². The standard InChI is InChI=1S/C33H20N4O3/c38-33-27-26(22-11-5-2-6-12-22)28-31-35-30(23-17-15-21(16-18-23)20-9-3-1-4-10-20)36-37(31)19-34-32(28)40-29(27)24-13-7-8-14-25(24)39-33/h1-19,26H. The molecular weight excluding hydrogens is 500 g/mol. The number of ether oxygens (including phenoxy) is 1. The van der Waals surface area contributed by atoms with E-state index in [-0.39, 0.29) is 0 Å². The van der Waals surface area contributed by atoms with Gasteiger partial charge in [-0.2, -0.15) is 0 Å². The summed E-state index contributed by atoms with van der Waals surface area (Å²) < 4.78 is 13.8. The third-order valence-electron chi connectivity index (χ3n) is 7.35. The highest BCUT2D eigenvalue weighted by atomic mass is 16.5. The van der Waals surface area contributed by atoms with Crippen LogP contribution in [0.2, 0.25) is 0 Å². The number of rotatable bonds is 3. The van der Waals surface area contributed by atoms with Crippen LogP contribution in [-0.4, -0.2) is 19.6 Å². The molecule has 1 atom stereocenters. The second kappa shape index (κ2) is 8.74. The molecule has 3 aromatic heterocycles. The van der Waals surface area contributed by atoms with Crippen LogP contribution in [0.5, 0.6) is 11.6 Å². The zero-order valence-corrected chi connectivity index (χ0v) is 21.1. The quantitative estimate of drug-likeness (QED) is 0.237. The van der Waals surface area contributed by atoms with Crippen molar-refractivity contribution in [3.05, 3.63) is 143 Å². The minimum Gasteiger partial charge on any atom is -0.437 e. The summed E-state index contributed by atoms with van der Waals surface area (Å²) in [4.78, 5) is 23.0. The SMILES string of the molecule is O=c1oc2ccccc2c2c1C(c1ccccc1)c1c(ncn3nc(-c4ccc(-c5ccccc5)cc4)nc13)O2. The smallest absolute Gasteiger partial charge is 0.344 e. The van der Waals surface area contributed by atoms with E-state index in [1.165, 1.54) is 0 Å². The van der Waals surface area contributed by atoms with Gasteiger partial charge in [0.05, 0.1) is 22.4 Å². The van der Waals surface area contributed by atoms with Crippen LogP contribution in [0.3, 0.4) is 0 Å². The maximum Gasteiger partial charge on any atom is 0.344 e. The lowest BCUT2D eigenvalue weighted by Gasteiger charge is -2.27. The van der Waals surface area contributed by atoms with E-state index in [2.05, 4.69) is 29.2 Å².